The van der Waals surface area contributed by atoms with E-state index >= 15 is 0 Å². The summed E-state index contributed by atoms with van der Waals surface area (Å²) in [5.74, 6) is -0.255. The van der Waals surface area contributed by atoms with Gasteiger partial charge in [0.05, 0.1) is 6.54 Å². The van der Waals surface area contributed by atoms with Crippen molar-refractivity contribution in [1.82, 2.24) is 4.90 Å². The van der Waals surface area contributed by atoms with Gasteiger partial charge in [-0.15, -0.1) is 0 Å². The fourth-order valence-corrected chi connectivity index (χ4v) is 2.18. The summed E-state index contributed by atoms with van der Waals surface area (Å²) in [7, 11) is 0. The maximum absolute atomic E-state index is 13.3. The van der Waals surface area contributed by atoms with Crippen LogP contribution in [-0.4, -0.2) is 41.0 Å². The van der Waals surface area contributed by atoms with E-state index in [1.807, 2.05) is 5.48 Å². The van der Waals surface area contributed by atoms with Gasteiger partial charge in [-0.05, 0) is 32.9 Å². The summed E-state index contributed by atoms with van der Waals surface area (Å²) in [6.07, 6.45) is -0.0552. The summed E-state index contributed by atoms with van der Waals surface area (Å²) in [6, 6.07) is 3.78. The van der Waals surface area contributed by atoms with E-state index in [1.54, 1.807) is 25.7 Å². The summed E-state index contributed by atoms with van der Waals surface area (Å²) >= 11 is 0. The monoisotopic (exact) mass is 312 g/mol. The third-order valence-corrected chi connectivity index (χ3v) is 3.15. The Bertz CT molecular complexity index is 545. The van der Waals surface area contributed by atoms with Gasteiger partial charge in [-0.25, -0.2) is 9.18 Å². The lowest BCUT2D eigenvalue weighted by molar-refractivity contribution is 0.0275. The predicted molar refractivity (Wildman–Crippen MR) is 78.6 cm³/mol. The first kappa shape index (κ1) is 16.4. The highest BCUT2D eigenvalue weighted by Gasteiger charge is 2.31. The van der Waals surface area contributed by atoms with Crippen LogP contribution in [-0.2, 0) is 4.74 Å². The topological polar surface area (TPSA) is 71.0 Å². The quantitative estimate of drug-likeness (QED) is 0.840. The number of hydrogen-bond donors (Lipinski definition) is 2. The molecule has 6 nitrogen and oxygen atoms in total. The van der Waals surface area contributed by atoms with Crippen molar-refractivity contribution in [3.8, 4) is 5.75 Å². The van der Waals surface area contributed by atoms with Crippen molar-refractivity contribution in [2.45, 2.75) is 38.9 Å². The second-order valence-corrected chi connectivity index (χ2v) is 6.21. The highest BCUT2D eigenvalue weighted by Crippen LogP contribution is 2.28. The van der Waals surface area contributed by atoms with Crippen molar-refractivity contribution in [3.63, 3.8) is 0 Å². The third kappa shape index (κ3) is 4.24. The Hall–Kier alpha value is -2.02. The van der Waals surface area contributed by atoms with Crippen LogP contribution < -0.4 is 10.2 Å². The van der Waals surface area contributed by atoms with Crippen molar-refractivity contribution in [3.05, 3.63) is 24.0 Å². The average molecular weight is 312 g/mol. The largest absolute Gasteiger partial charge is 0.486 e. The van der Waals surface area contributed by atoms with Crippen molar-refractivity contribution < 1.29 is 23.9 Å². The molecule has 0 aliphatic carbocycles. The van der Waals surface area contributed by atoms with Gasteiger partial charge in [-0.3, -0.25) is 10.7 Å². The fraction of sp³-hybridized carbons (Fsp3) is 0.533. The third-order valence-electron chi connectivity index (χ3n) is 3.15. The fourth-order valence-electron chi connectivity index (χ4n) is 2.18. The molecule has 1 fully saturated rings. The number of nitrogens with zero attached hydrogens (tertiary/aromatic N) is 1. The van der Waals surface area contributed by atoms with Gasteiger partial charge in [0.1, 0.15) is 29.0 Å². The van der Waals surface area contributed by atoms with Crippen LogP contribution in [0.25, 0.3) is 0 Å². The molecule has 0 unspecified atom stereocenters. The summed E-state index contributed by atoms with van der Waals surface area (Å²) in [5, 5.41) is 9.01. The summed E-state index contributed by atoms with van der Waals surface area (Å²) in [6.45, 7) is 6.29. The number of amides is 1. The molecule has 0 aromatic heterocycles. The van der Waals surface area contributed by atoms with Gasteiger partial charge in [-0.2, -0.15) is 0 Å². The molecule has 1 heterocycles. The van der Waals surface area contributed by atoms with E-state index in [0.717, 1.165) is 0 Å². The van der Waals surface area contributed by atoms with Crippen LogP contribution in [0.2, 0.25) is 0 Å². The van der Waals surface area contributed by atoms with Gasteiger partial charge >= 0.3 is 6.09 Å². The Morgan fingerprint density at radius 2 is 2.18 bits per heavy atom. The number of benzene rings is 1. The molecule has 1 aromatic rings. The number of anilines is 1. The van der Waals surface area contributed by atoms with Gasteiger partial charge in [0.15, 0.2) is 0 Å². The lowest BCUT2D eigenvalue weighted by Crippen LogP contribution is -2.36. The molecular weight excluding hydrogens is 291 g/mol. The molecular formula is C15H21FN2O4. The zero-order chi connectivity index (χ0) is 16.3. The second-order valence-electron chi connectivity index (χ2n) is 6.21. The molecule has 22 heavy (non-hydrogen) atoms. The lowest BCUT2D eigenvalue weighted by atomic mass is 10.2. The molecule has 7 heteroatoms. The van der Waals surface area contributed by atoms with Crippen molar-refractivity contribution in [2.24, 2.45) is 0 Å². The van der Waals surface area contributed by atoms with Crippen LogP contribution in [0.15, 0.2) is 18.2 Å². The van der Waals surface area contributed by atoms with E-state index < -0.39 is 17.5 Å². The highest BCUT2D eigenvalue weighted by molar-refractivity contribution is 5.68. The molecule has 1 aliphatic heterocycles. The second kappa shape index (κ2) is 6.39. The molecule has 1 saturated heterocycles. The Morgan fingerprint density at radius 3 is 2.82 bits per heavy atom. The molecule has 2 rings (SSSR count). The van der Waals surface area contributed by atoms with Gasteiger partial charge in [0.2, 0.25) is 0 Å². The number of rotatable bonds is 3. The van der Waals surface area contributed by atoms with Crippen molar-refractivity contribution >= 4 is 11.8 Å². The summed E-state index contributed by atoms with van der Waals surface area (Å²) in [4.78, 5) is 13.5. The number of likely N-dealkylation sites (tertiary alicyclic amines) is 1. The molecule has 1 aliphatic rings. The van der Waals surface area contributed by atoms with E-state index in [0.29, 0.717) is 19.5 Å². The smallest absolute Gasteiger partial charge is 0.410 e. The molecule has 0 spiro atoms. The molecule has 0 radical (unpaired) electrons. The number of ether oxygens (including phenoxy) is 2. The number of nitrogens with one attached hydrogen (secondary N) is 1. The number of hydrogen-bond acceptors (Lipinski definition) is 5. The van der Waals surface area contributed by atoms with Crippen LogP contribution in [0.3, 0.4) is 0 Å². The van der Waals surface area contributed by atoms with E-state index in [9.17, 15) is 9.18 Å². The van der Waals surface area contributed by atoms with Gasteiger partial charge in [0.25, 0.3) is 0 Å². The molecule has 0 bridgehead atoms. The Kier molecular flexibility index (Phi) is 4.75. The Morgan fingerprint density at radius 1 is 1.45 bits per heavy atom. The SMILES string of the molecule is CC(C)(C)OC(=O)N1CC[C@H](Oc2cc(F)ccc2NO)C1. The first-order valence-electron chi connectivity index (χ1n) is 7.13. The Labute approximate surface area is 128 Å². The molecule has 1 atom stereocenters. The Balaban J connectivity index is 1.97. The molecule has 122 valence electrons. The molecule has 2 N–H and O–H groups in total. The summed E-state index contributed by atoms with van der Waals surface area (Å²) in [5.41, 5.74) is 1.69. The maximum atomic E-state index is 13.3. The maximum Gasteiger partial charge on any atom is 0.410 e. The van der Waals surface area contributed by atoms with Gasteiger partial charge < -0.3 is 14.4 Å². The predicted octanol–water partition coefficient (Wildman–Crippen LogP) is 3.02. The van der Waals surface area contributed by atoms with E-state index in [-0.39, 0.29) is 17.5 Å². The molecule has 1 amide bonds. The first-order chi connectivity index (χ1) is 10.3. The van der Waals surface area contributed by atoms with Crippen LogP contribution >= 0.6 is 0 Å². The van der Waals surface area contributed by atoms with E-state index in [4.69, 9.17) is 14.7 Å². The normalized spacial score (nSPS) is 18.2. The minimum atomic E-state index is -0.549. The standard InChI is InChI=1S/C15H21FN2O4/c1-15(2,3)22-14(19)18-7-6-11(9-18)21-13-8-10(16)4-5-12(13)17-20/h4-5,8,11,17,20H,6-7,9H2,1-3H3/t11-/m0/s1. The van der Waals surface area contributed by atoms with Gasteiger partial charge in [0, 0.05) is 19.0 Å². The minimum Gasteiger partial charge on any atom is -0.486 e. The summed E-state index contributed by atoms with van der Waals surface area (Å²) < 4.78 is 24.3. The molecule has 0 saturated carbocycles. The number of halogens is 1. The van der Waals surface area contributed by atoms with Crippen LogP contribution in [0.4, 0.5) is 14.9 Å². The van der Waals surface area contributed by atoms with Crippen molar-refractivity contribution in [2.75, 3.05) is 18.6 Å². The van der Waals surface area contributed by atoms with Crippen LogP contribution in [0.5, 0.6) is 5.75 Å². The van der Waals surface area contributed by atoms with Crippen LogP contribution in [0, 0.1) is 5.82 Å². The van der Waals surface area contributed by atoms with E-state index in [2.05, 4.69) is 0 Å². The number of carbonyl (C=O) groups is 1. The van der Waals surface area contributed by atoms with E-state index in [1.165, 1.54) is 18.2 Å². The minimum absolute atomic E-state index is 0.207. The molecule has 1 aromatic carbocycles. The lowest BCUT2D eigenvalue weighted by Gasteiger charge is -2.24. The van der Waals surface area contributed by atoms with Crippen LogP contribution in [0.1, 0.15) is 27.2 Å². The zero-order valence-electron chi connectivity index (χ0n) is 12.9. The highest BCUT2D eigenvalue weighted by atomic mass is 19.1. The zero-order valence-corrected chi connectivity index (χ0v) is 12.9. The van der Waals surface area contributed by atoms with Crippen molar-refractivity contribution in [1.29, 1.82) is 0 Å². The first-order valence-corrected chi connectivity index (χ1v) is 7.13. The average Bonchev–Trinajstić information content (AvgIpc) is 2.86. The van der Waals surface area contributed by atoms with Gasteiger partial charge in [-0.1, -0.05) is 0 Å². The number of carbonyl (C=O) groups excluding carboxylic acids is 1.